The van der Waals surface area contributed by atoms with Crippen LogP contribution in [0.25, 0.3) is 0 Å². The summed E-state index contributed by atoms with van der Waals surface area (Å²) in [5.74, 6) is -1.85. The largest absolute Gasteiger partial charge is 0.480 e. The lowest BCUT2D eigenvalue weighted by molar-refractivity contribution is -0.142. The van der Waals surface area contributed by atoms with Crippen LogP contribution in [0.1, 0.15) is 12.8 Å². The van der Waals surface area contributed by atoms with Crippen LogP contribution in [0.5, 0.6) is 0 Å². The van der Waals surface area contributed by atoms with E-state index in [0.29, 0.717) is 13.0 Å². The lowest BCUT2D eigenvalue weighted by Crippen LogP contribution is -2.44. The zero-order valence-electron chi connectivity index (χ0n) is 11.5. The topological polar surface area (TPSA) is 130 Å². The minimum Gasteiger partial charge on any atom is -0.480 e. The second-order valence-corrected chi connectivity index (χ2v) is 4.33. The van der Waals surface area contributed by atoms with E-state index in [9.17, 15) is 19.2 Å². The smallest absolute Gasteiger partial charge is 0.326 e. The Bertz CT molecular complexity index is 606. The maximum absolute atomic E-state index is 11.7. The third-order valence-corrected chi connectivity index (χ3v) is 2.66. The molecule has 116 valence electrons. The summed E-state index contributed by atoms with van der Waals surface area (Å²) in [6.07, 6.45) is 0.672. The van der Waals surface area contributed by atoms with Crippen molar-refractivity contribution in [2.45, 2.75) is 25.4 Å². The van der Waals surface area contributed by atoms with Gasteiger partial charge in [-0.15, -0.1) is 0 Å². The van der Waals surface area contributed by atoms with Crippen LogP contribution < -0.4 is 16.4 Å². The highest BCUT2D eigenvalue weighted by molar-refractivity contribution is 5.83. The summed E-state index contributed by atoms with van der Waals surface area (Å²) >= 11 is 0. The van der Waals surface area contributed by atoms with Crippen LogP contribution in [0.3, 0.4) is 0 Å². The number of nitrogens with one attached hydrogen (secondary N) is 2. The van der Waals surface area contributed by atoms with Crippen LogP contribution in [0.4, 0.5) is 0 Å². The average molecular weight is 299 g/mol. The van der Waals surface area contributed by atoms with Crippen LogP contribution in [-0.4, -0.2) is 46.5 Å². The summed E-state index contributed by atoms with van der Waals surface area (Å²) in [6.45, 7) is -0.0753. The Kier molecular flexibility index (Phi) is 6.34. The van der Waals surface area contributed by atoms with Crippen molar-refractivity contribution in [2.24, 2.45) is 0 Å². The fourth-order valence-corrected chi connectivity index (χ4v) is 1.65. The monoisotopic (exact) mass is 299 g/mol. The Morgan fingerprint density at radius 3 is 2.76 bits per heavy atom. The molecule has 9 heteroatoms. The highest BCUT2D eigenvalue weighted by Gasteiger charge is 2.19. The van der Waals surface area contributed by atoms with Crippen LogP contribution in [0, 0.1) is 0 Å². The van der Waals surface area contributed by atoms with Crippen molar-refractivity contribution in [3.8, 4) is 0 Å². The number of H-pyrrole nitrogens is 1. The van der Waals surface area contributed by atoms with E-state index < -0.39 is 35.6 Å². The van der Waals surface area contributed by atoms with E-state index in [1.807, 2.05) is 0 Å². The van der Waals surface area contributed by atoms with Crippen LogP contribution >= 0.6 is 0 Å². The molecular weight excluding hydrogens is 282 g/mol. The molecule has 0 aromatic carbocycles. The number of hydrogen-bond donors (Lipinski definition) is 3. The number of carboxylic acid groups (broad SMARTS) is 1. The van der Waals surface area contributed by atoms with Crippen LogP contribution in [-0.2, 0) is 20.9 Å². The number of carboxylic acids is 1. The van der Waals surface area contributed by atoms with Gasteiger partial charge in [-0.1, -0.05) is 0 Å². The fraction of sp³-hybridized carbons (Fsp3) is 0.500. The molecule has 1 aromatic rings. The summed E-state index contributed by atoms with van der Waals surface area (Å²) < 4.78 is 5.62. The molecule has 1 aromatic heterocycles. The van der Waals surface area contributed by atoms with E-state index in [4.69, 9.17) is 9.84 Å². The molecule has 1 unspecified atom stereocenters. The predicted molar refractivity (Wildman–Crippen MR) is 72.0 cm³/mol. The van der Waals surface area contributed by atoms with Crippen molar-refractivity contribution >= 4 is 11.9 Å². The van der Waals surface area contributed by atoms with Crippen molar-refractivity contribution in [2.75, 3.05) is 13.7 Å². The molecule has 0 radical (unpaired) electrons. The van der Waals surface area contributed by atoms with E-state index in [2.05, 4.69) is 10.4 Å². The van der Waals surface area contributed by atoms with Crippen molar-refractivity contribution in [1.29, 1.82) is 0 Å². The van der Waals surface area contributed by atoms with E-state index in [1.54, 1.807) is 0 Å². The molecule has 0 bridgehead atoms. The number of carbonyl (C=O) groups excluding carboxylic acids is 1. The minimum atomic E-state index is -1.17. The maximum atomic E-state index is 11.7. The average Bonchev–Trinajstić information content (AvgIpc) is 2.42. The maximum Gasteiger partial charge on any atom is 0.326 e. The molecule has 1 rings (SSSR count). The lowest BCUT2D eigenvalue weighted by atomic mass is 10.1. The minimum absolute atomic E-state index is 0.203. The molecule has 21 heavy (non-hydrogen) atoms. The number of methoxy groups -OCH3 is 1. The number of amides is 1. The highest BCUT2D eigenvalue weighted by Crippen LogP contribution is 1.98. The standard InChI is InChI=1S/C12H17N3O6/c1-21-6-2-3-8(12(19)20)13-10(17)7-15-11(18)5-4-9(16)14-15/h4-5,8H,2-3,6-7H2,1H3,(H,13,17)(H,14,16)(H,19,20). The lowest BCUT2D eigenvalue weighted by Gasteiger charge is -2.14. The molecule has 0 saturated carbocycles. The second kappa shape index (κ2) is 8.00. The van der Waals surface area contributed by atoms with Gasteiger partial charge in [-0.2, -0.15) is 0 Å². The molecule has 0 saturated heterocycles. The Balaban J connectivity index is 2.65. The predicted octanol–water partition coefficient (Wildman–Crippen LogP) is -1.47. The number of hydrogen-bond acceptors (Lipinski definition) is 5. The van der Waals surface area contributed by atoms with Crippen molar-refractivity contribution in [3.05, 3.63) is 32.8 Å². The summed E-state index contributed by atoms with van der Waals surface area (Å²) in [7, 11) is 1.49. The van der Waals surface area contributed by atoms with Gasteiger partial charge in [-0.3, -0.25) is 19.5 Å². The summed E-state index contributed by atoms with van der Waals surface area (Å²) in [4.78, 5) is 45.2. The fourth-order valence-electron chi connectivity index (χ4n) is 1.65. The first kappa shape index (κ1) is 16.6. The number of aromatic nitrogens is 2. The van der Waals surface area contributed by atoms with Gasteiger partial charge in [-0.05, 0) is 12.8 Å². The van der Waals surface area contributed by atoms with Crippen molar-refractivity contribution in [1.82, 2.24) is 15.1 Å². The van der Waals surface area contributed by atoms with Crippen molar-refractivity contribution in [3.63, 3.8) is 0 Å². The van der Waals surface area contributed by atoms with Gasteiger partial charge >= 0.3 is 5.97 Å². The van der Waals surface area contributed by atoms with E-state index in [0.717, 1.165) is 16.8 Å². The molecule has 0 fully saturated rings. The molecule has 1 heterocycles. The number of rotatable bonds is 8. The summed E-state index contributed by atoms with van der Waals surface area (Å²) in [5, 5.41) is 13.5. The third kappa shape index (κ3) is 5.61. The summed E-state index contributed by atoms with van der Waals surface area (Å²) in [6, 6.07) is 1.000. The number of ether oxygens (including phenoxy) is 1. The Hall–Kier alpha value is -2.42. The second-order valence-electron chi connectivity index (χ2n) is 4.33. The van der Waals surface area contributed by atoms with Gasteiger partial charge in [0.05, 0.1) is 0 Å². The molecule has 1 amide bonds. The highest BCUT2D eigenvalue weighted by atomic mass is 16.5. The molecular formula is C12H17N3O6. The Morgan fingerprint density at radius 1 is 1.43 bits per heavy atom. The molecule has 0 aliphatic carbocycles. The molecule has 0 aliphatic rings. The number of aliphatic carboxylic acids is 1. The van der Waals surface area contributed by atoms with E-state index >= 15 is 0 Å². The normalized spacial score (nSPS) is 11.9. The quantitative estimate of drug-likeness (QED) is 0.502. The SMILES string of the molecule is COCCCC(NC(=O)Cn1[nH]c(=O)ccc1=O)C(=O)O. The summed E-state index contributed by atoms with van der Waals surface area (Å²) in [5.41, 5.74) is -1.09. The van der Waals surface area contributed by atoms with Gasteiger partial charge in [0.1, 0.15) is 12.6 Å². The van der Waals surface area contributed by atoms with Crippen molar-refractivity contribution < 1.29 is 19.4 Å². The van der Waals surface area contributed by atoms with Gasteiger partial charge in [0.2, 0.25) is 5.91 Å². The zero-order valence-corrected chi connectivity index (χ0v) is 11.5. The molecule has 9 nitrogen and oxygen atoms in total. The molecule has 3 N–H and O–H groups in total. The van der Waals surface area contributed by atoms with Gasteiger partial charge < -0.3 is 15.2 Å². The zero-order chi connectivity index (χ0) is 15.8. The first-order chi connectivity index (χ1) is 9.93. The van der Waals surface area contributed by atoms with Crippen LogP contribution in [0.15, 0.2) is 21.7 Å². The first-order valence-corrected chi connectivity index (χ1v) is 6.25. The first-order valence-electron chi connectivity index (χ1n) is 6.25. The Morgan fingerprint density at radius 2 is 2.14 bits per heavy atom. The van der Waals surface area contributed by atoms with Gasteiger partial charge in [0, 0.05) is 25.8 Å². The van der Waals surface area contributed by atoms with Gasteiger partial charge in [0.15, 0.2) is 0 Å². The number of nitrogens with zero attached hydrogens (tertiary/aromatic N) is 1. The molecule has 0 aliphatic heterocycles. The van der Waals surface area contributed by atoms with E-state index in [1.165, 1.54) is 7.11 Å². The molecule has 1 atom stereocenters. The van der Waals surface area contributed by atoms with E-state index in [-0.39, 0.29) is 6.42 Å². The third-order valence-electron chi connectivity index (χ3n) is 2.66. The number of aromatic amines is 1. The number of carbonyl (C=O) groups is 2. The van der Waals surface area contributed by atoms with Gasteiger partial charge in [0.25, 0.3) is 11.1 Å². The van der Waals surface area contributed by atoms with Crippen LogP contribution in [0.2, 0.25) is 0 Å². The Labute approximate surface area is 119 Å². The molecule has 0 spiro atoms. The van der Waals surface area contributed by atoms with Gasteiger partial charge in [-0.25, -0.2) is 9.48 Å².